The summed E-state index contributed by atoms with van der Waals surface area (Å²) >= 11 is 5.98. The molecule has 0 unspecified atom stereocenters. The SMILES string of the molecule is COc1ccc(Cl)cc1NC(=O)[C@H](C)[NH+]1CCN(C(C)=O)CC1. The van der Waals surface area contributed by atoms with Crippen molar-refractivity contribution in [1.29, 1.82) is 0 Å². The van der Waals surface area contributed by atoms with Crippen LogP contribution in [0.15, 0.2) is 18.2 Å². The molecule has 126 valence electrons. The van der Waals surface area contributed by atoms with Gasteiger partial charge in [0.05, 0.1) is 39.0 Å². The first-order valence-corrected chi connectivity index (χ1v) is 8.04. The van der Waals surface area contributed by atoms with Crippen molar-refractivity contribution < 1.29 is 19.2 Å². The maximum absolute atomic E-state index is 12.5. The second-order valence-electron chi connectivity index (χ2n) is 5.72. The van der Waals surface area contributed by atoms with Crippen LogP contribution < -0.4 is 15.0 Å². The molecule has 0 aliphatic carbocycles. The largest absolute Gasteiger partial charge is 0.495 e. The van der Waals surface area contributed by atoms with E-state index in [0.29, 0.717) is 29.5 Å². The fraction of sp³-hybridized carbons (Fsp3) is 0.500. The molecule has 1 atom stereocenters. The lowest BCUT2D eigenvalue weighted by molar-refractivity contribution is -0.917. The van der Waals surface area contributed by atoms with Crippen LogP contribution in [0.2, 0.25) is 5.02 Å². The minimum atomic E-state index is -0.215. The first-order valence-electron chi connectivity index (χ1n) is 7.67. The fourth-order valence-corrected chi connectivity index (χ4v) is 2.92. The number of methoxy groups -OCH3 is 1. The van der Waals surface area contributed by atoms with Crippen molar-refractivity contribution >= 4 is 29.1 Å². The number of carbonyl (C=O) groups is 2. The van der Waals surface area contributed by atoms with Gasteiger partial charge in [-0.05, 0) is 25.1 Å². The lowest BCUT2D eigenvalue weighted by Crippen LogP contribution is -3.19. The van der Waals surface area contributed by atoms with E-state index in [-0.39, 0.29) is 17.9 Å². The summed E-state index contributed by atoms with van der Waals surface area (Å²) < 4.78 is 5.24. The minimum absolute atomic E-state index is 0.0863. The number of hydrogen-bond donors (Lipinski definition) is 2. The molecule has 0 aromatic heterocycles. The Labute approximate surface area is 141 Å². The molecule has 2 amide bonds. The summed E-state index contributed by atoms with van der Waals surface area (Å²) in [5.41, 5.74) is 0.568. The normalized spacial score (nSPS) is 16.8. The van der Waals surface area contributed by atoms with E-state index in [0.717, 1.165) is 13.1 Å². The molecule has 0 saturated carbocycles. The van der Waals surface area contributed by atoms with E-state index < -0.39 is 0 Å². The summed E-state index contributed by atoms with van der Waals surface area (Å²) in [4.78, 5) is 26.8. The second-order valence-corrected chi connectivity index (χ2v) is 6.16. The lowest BCUT2D eigenvalue weighted by atomic mass is 10.2. The van der Waals surface area contributed by atoms with Crippen LogP contribution in [0.5, 0.6) is 5.75 Å². The highest BCUT2D eigenvalue weighted by Crippen LogP contribution is 2.27. The zero-order chi connectivity index (χ0) is 17.0. The van der Waals surface area contributed by atoms with Crippen LogP contribution in [0.4, 0.5) is 5.69 Å². The minimum Gasteiger partial charge on any atom is -0.495 e. The van der Waals surface area contributed by atoms with Crippen molar-refractivity contribution in [2.75, 3.05) is 38.6 Å². The van der Waals surface area contributed by atoms with Crippen LogP contribution in [-0.2, 0) is 9.59 Å². The summed E-state index contributed by atoms with van der Waals surface area (Å²) in [6, 6.07) is 4.90. The van der Waals surface area contributed by atoms with E-state index in [1.807, 2.05) is 11.8 Å². The van der Waals surface area contributed by atoms with Crippen LogP contribution >= 0.6 is 11.6 Å². The lowest BCUT2D eigenvalue weighted by Gasteiger charge is -2.34. The Morgan fingerprint density at radius 3 is 2.57 bits per heavy atom. The molecule has 1 fully saturated rings. The molecule has 1 aromatic carbocycles. The van der Waals surface area contributed by atoms with Crippen molar-refractivity contribution in [2.24, 2.45) is 0 Å². The van der Waals surface area contributed by atoms with Crippen molar-refractivity contribution in [1.82, 2.24) is 4.90 Å². The Balaban J connectivity index is 1.98. The van der Waals surface area contributed by atoms with E-state index in [9.17, 15) is 9.59 Å². The molecule has 1 aromatic rings. The van der Waals surface area contributed by atoms with Crippen LogP contribution in [0.25, 0.3) is 0 Å². The average Bonchev–Trinajstić information content (AvgIpc) is 2.54. The van der Waals surface area contributed by atoms with Gasteiger partial charge in [-0.15, -0.1) is 0 Å². The van der Waals surface area contributed by atoms with Crippen molar-refractivity contribution in [3.63, 3.8) is 0 Å². The maximum Gasteiger partial charge on any atom is 0.282 e. The fourth-order valence-electron chi connectivity index (χ4n) is 2.75. The van der Waals surface area contributed by atoms with Crippen molar-refractivity contribution in [3.8, 4) is 5.75 Å². The molecule has 0 bridgehead atoms. The molecular formula is C16H23ClN3O3+. The molecule has 6 nitrogen and oxygen atoms in total. The predicted molar refractivity (Wildman–Crippen MR) is 89.0 cm³/mol. The molecule has 1 saturated heterocycles. The first-order chi connectivity index (χ1) is 10.9. The molecule has 7 heteroatoms. The first kappa shape index (κ1) is 17.6. The summed E-state index contributed by atoms with van der Waals surface area (Å²) in [5, 5.41) is 3.42. The number of halogens is 1. The number of carbonyl (C=O) groups excluding carboxylic acids is 2. The van der Waals surface area contributed by atoms with Crippen molar-refractivity contribution in [3.05, 3.63) is 23.2 Å². The molecule has 2 rings (SSSR count). The monoisotopic (exact) mass is 340 g/mol. The number of hydrogen-bond acceptors (Lipinski definition) is 3. The number of quaternary nitrogens is 1. The number of amides is 2. The van der Waals surface area contributed by atoms with E-state index in [1.54, 1.807) is 32.2 Å². The summed E-state index contributed by atoms with van der Waals surface area (Å²) in [5.74, 6) is 0.577. The highest BCUT2D eigenvalue weighted by atomic mass is 35.5. The quantitative estimate of drug-likeness (QED) is 0.835. The number of rotatable bonds is 4. The smallest absolute Gasteiger partial charge is 0.282 e. The van der Waals surface area contributed by atoms with E-state index in [1.165, 1.54) is 4.90 Å². The van der Waals surface area contributed by atoms with Gasteiger partial charge in [0.1, 0.15) is 5.75 Å². The molecule has 1 heterocycles. The Morgan fingerprint density at radius 2 is 2.00 bits per heavy atom. The molecule has 2 N–H and O–H groups in total. The van der Waals surface area contributed by atoms with Gasteiger partial charge < -0.3 is 19.9 Å². The highest BCUT2D eigenvalue weighted by molar-refractivity contribution is 6.31. The zero-order valence-corrected chi connectivity index (χ0v) is 14.4. The van der Waals surface area contributed by atoms with Gasteiger partial charge in [0.15, 0.2) is 6.04 Å². The van der Waals surface area contributed by atoms with Crippen LogP contribution in [0.1, 0.15) is 13.8 Å². The summed E-state index contributed by atoms with van der Waals surface area (Å²) in [6.45, 7) is 6.37. The van der Waals surface area contributed by atoms with Gasteiger partial charge in [-0.2, -0.15) is 0 Å². The van der Waals surface area contributed by atoms with Crippen LogP contribution in [-0.4, -0.2) is 56.0 Å². The number of nitrogens with one attached hydrogen (secondary N) is 2. The molecule has 23 heavy (non-hydrogen) atoms. The standard InChI is InChI=1S/C16H22ClN3O3/c1-11(19-6-8-20(9-7-19)12(2)21)16(22)18-14-10-13(17)4-5-15(14)23-3/h4-5,10-11H,6-9H2,1-3H3,(H,18,22)/p+1/t11-/m0/s1. The number of piperazine rings is 1. The summed E-state index contributed by atoms with van der Waals surface area (Å²) in [6.07, 6.45) is 0. The van der Waals surface area contributed by atoms with Crippen LogP contribution in [0, 0.1) is 0 Å². The zero-order valence-electron chi connectivity index (χ0n) is 13.7. The van der Waals surface area contributed by atoms with E-state index >= 15 is 0 Å². The highest BCUT2D eigenvalue weighted by Gasteiger charge is 2.30. The third-order valence-electron chi connectivity index (χ3n) is 4.28. The van der Waals surface area contributed by atoms with Gasteiger partial charge in [0.25, 0.3) is 5.91 Å². The van der Waals surface area contributed by atoms with E-state index in [4.69, 9.17) is 16.3 Å². The molecule has 0 radical (unpaired) electrons. The Hall–Kier alpha value is -1.79. The summed E-state index contributed by atoms with van der Waals surface area (Å²) in [7, 11) is 1.55. The Kier molecular flexibility index (Phi) is 5.85. The van der Waals surface area contributed by atoms with Gasteiger partial charge in [0.2, 0.25) is 5.91 Å². The number of anilines is 1. The molecule has 1 aliphatic rings. The maximum atomic E-state index is 12.5. The molecule has 1 aliphatic heterocycles. The Bertz CT molecular complexity index is 586. The van der Waals surface area contributed by atoms with Gasteiger partial charge in [-0.3, -0.25) is 9.59 Å². The molecular weight excluding hydrogens is 318 g/mol. The Morgan fingerprint density at radius 1 is 1.35 bits per heavy atom. The number of ether oxygens (including phenoxy) is 1. The third kappa shape index (κ3) is 4.36. The van der Waals surface area contributed by atoms with E-state index in [2.05, 4.69) is 5.32 Å². The van der Waals surface area contributed by atoms with Gasteiger partial charge in [0, 0.05) is 11.9 Å². The predicted octanol–water partition coefficient (Wildman–Crippen LogP) is 0.423. The second kappa shape index (κ2) is 7.66. The number of nitrogens with zero attached hydrogens (tertiary/aromatic N) is 1. The molecule has 0 spiro atoms. The average molecular weight is 341 g/mol. The van der Waals surface area contributed by atoms with Gasteiger partial charge in [-0.25, -0.2) is 0 Å². The van der Waals surface area contributed by atoms with Gasteiger partial charge >= 0.3 is 0 Å². The van der Waals surface area contributed by atoms with Crippen LogP contribution in [0.3, 0.4) is 0 Å². The number of benzene rings is 1. The van der Waals surface area contributed by atoms with Gasteiger partial charge in [-0.1, -0.05) is 11.6 Å². The van der Waals surface area contributed by atoms with Crippen molar-refractivity contribution in [2.45, 2.75) is 19.9 Å². The third-order valence-corrected chi connectivity index (χ3v) is 4.51. The topological polar surface area (TPSA) is 63.1 Å².